The highest BCUT2D eigenvalue weighted by atomic mass is 16.6. The molecule has 0 N–H and O–H groups in total. The molecule has 0 aromatic carbocycles. The van der Waals surface area contributed by atoms with Crippen LogP contribution in [0.1, 0.15) is 278 Å². The molecule has 0 saturated heterocycles. The first kappa shape index (κ1) is 67.3. The van der Waals surface area contributed by atoms with Gasteiger partial charge >= 0.3 is 17.9 Å². The molecule has 0 bridgehead atoms. The average molecular weight is 988 g/mol. The van der Waals surface area contributed by atoms with Crippen LogP contribution in [0.3, 0.4) is 0 Å². The van der Waals surface area contributed by atoms with Crippen LogP contribution in [0, 0.1) is 0 Å². The summed E-state index contributed by atoms with van der Waals surface area (Å²) in [5.41, 5.74) is 0. The Labute approximate surface area is 438 Å². The average Bonchev–Trinajstić information content (AvgIpc) is 3.37. The Kier molecular flexibility index (Phi) is 55.9. The van der Waals surface area contributed by atoms with E-state index in [4.69, 9.17) is 14.2 Å². The van der Waals surface area contributed by atoms with Crippen LogP contribution < -0.4 is 0 Å². The van der Waals surface area contributed by atoms with Crippen molar-refractivity contribution in [1.29, 1.82) is 0 Å². The van der Waals surface area contributed by atoms with Crippen LogP contribution in [-0.4, -0.2) is 37.2 Å². The van der Waals surface area contributed by atoms with Gasteiger partial charge in [-0.1, -0.05) is 240 Å². The molecule has 6 nitrogen and oxygen atoms in total. The van der Waals surface area contributed by atoms with Gasteiger partial charge in [-0.25, -0.2) is 0 Å². The highest BCUT2D eigenvalue weighted by Gasteiger charge is 2.19. The number of hydrogen-bond acceptors (Lipinski definition) is 6. The first-order valence-corrected chi connectivity index (χ1v) is 29.7. The Morgan fingerprint density at radius 3 is 0.873 bits per heavy atom. The van der Waals surface area contributed by atoms with Gasteiger partial charge in [-0.15, -0.1) is 0 Å². The van der Waals surface area contributed by atoms with Crippen molar-refractivity contribution in [2.45, 2.75) is 284 Å². The van der Waals surface area contributed by atoms with Gasteiger partial charge in [0.25, 0.3) is 0 Å². The van der Waals surface area contributed by atoms with E-state index in [0.29, 0.717) is 19.3 Å². The second-order valence-corrected chi connectivity index (χ2v) is 19.5. The summed E-state index contributed by atoms with van der Waals surface area (Å²) < 4.78 is 16.9. The minimum absolute atomic E-state index is 0.0865. The number of carbonyl (C=O) groups is 3. The molecule has 0 fully saturated rings. The maximum Gasteiger partial charge on any atom is 0.306 e. The number of ether oxygens (including phenoxy) is 3. The predicted molar refractivity (Wildman–Crippen MR) is 307 cm³/mol. The van der Waals surface area contributed by atoms with Gasteiger partial charge in [0, 0.05) is 19.3 Å². The summed E-state index contributed by atoms with van der Waals surface area (Å²) in [5, 5.41) is 0. The molecule has 0 aromatic heterocycles. The quantitative estimate of drug-likeness (QED) is 0.0261. The third-order valence-electron chi connectivity index (χ3n) is 12.6. The number of allylic oxidation sites excluding steroid dienone is 16. The molecule has 1 unspecified atom stereocenters. The van der Waals surface area contributed by atoms with E-state index in [1.807, 2.05) is 0 Å². The van der Waals surface area contributed by atoms with E-state index in [1.54, 1.807) is 0 Å². The number of unbranched alkanes of at least 4 members (excludes halogenated alkanes) is 26. The van der Waals surface area contributed by atoms with Crippen LogP contribution in [0.25, 0.3) is 0 Å². The summed E-state index contributed by atoms with van der Waals surface area (Å²) in [6, 6.07) is 0. The van der Waals surface area contributed by atoms with E-state index in [-0.39, 0.29) is 31.1 Å². The summed E-state index contributed by atoms with van der Waals surface area (Å²) in [6.07, 6.45) is 78.2. The molecule has 71 heavy (non-hydrogen) atoms. The van der Waals surface area contributed by atoms with Gasteiger partial charge in [-0.05, 0) is 116 Å². The Morgan fingerprint density at radius 1 is 0.296 bits per heavy atom. The molecule has 0 amide bonds. The Hall–Kier alpha value is -3.67. The molecule has 6 heteroatoms. The fraction of sp³-hybridized carbons (Fsp3) is 0.708. The summed E-state index contributed by atoms with van der Waals surface area (Å²) in [7, 11) is 0. The number of rotatable bonds is 53. The Bertz CT molecular complexity index is 1410. The normalized spacial score (nSPS) is 12.8. The van der Waals surface area contributed by atoms with E-state index in [1.165, 1.54) is 128 Å². The standard InChI is InChI=1S/C65H110O6/c1-4-7-10-13-16-19-22-25-28-30-32-34-37-40-43-46-49-52-55-58-64(67)70-61-62(60-69-63(66)57-54-51-48-45-42-39-36-27-24-21-18-15-12-9-6-3)71-65(68)59-56-53-50-47-44-41-38-35-33-31-29-26-23-20-17-14-11-8-5-2/h7-8,10-11,16-17,19-21,24-26,28-29,32,34,62H,4-6,9,12-15,18,22-23,27,30-31,33,35-61H2,1-3H3/b10-7-,11-8-,19-16-,20-17-,24-21-,28-25-,29-26-,34-32-. The lowest BCUT2D eigenvalue weighted by Crippen LogP contribution is -2.30. The topological polar surface area (TPSA) is 78.9 Å². The number of carbonyl (C=O) groups excluding carboxylic acids is 3. The maximum absolute atomic E-state index is 12.9. The van der Waals surface area contributed by atoms with E-state index in [2.05, 4.69) is 118 Å². The minimum Gasteiger partial charge on any atom is -0.462 e. The van der Waals surface area contributed by atoms with Crippen LogP contribution in [0.5, 0.6) is 0 Å². The fourth-order valence-electron chi connectivity index (χ4n) is 8.15. The van der Waals surface area contributed by atoms with Gasteiger partial charge < -0.3 is 14.2 Å². The van der Waals surface area contributed by atoms with Crippen molar-refractivity contribution >= 4 is 17.9 Å². The monoisotopic (exact) mass is 987 g/mol. The third-order valence-corrected chi connectivity index (χ3v) is 12.6. The molecular formula is C65H110O6. The Balaban J connectivity index is 4.42. The van der Waals surface area contributed by atoms with Crippen LogP contribution in [0.4, 0.5) is 0 Å². The second kappa shape index (κ2) is 58.9. The van der Waals surface area contributed by atoms with Gasteiger partial charge in [-0.2, -0.15) is 0 Å². The lowest BCUT2D eigenvalue weighted by atomic mass is 10.1. The molecule has 1 atom stereocenters. The zero-order valence-corrected chi connectivity index (χ0v) is 46.5. The van der Waals surface area contributed by atoms with Crippen molar-refractivity contribution in [3.63, 3.8) is 0 Å². The summed E-state index contributed by atoms with van der Waals surface area (Å²) >= 11 is 0. The van der Waals surface area contributed by atoms with Gasteiger partial charge in [-0.3, -0.25) is 14.4 Å². The molecule has 0 aliphatic heterocycles. The third kappa shape index (κ3) is 57.1. The molecule has 0 aromatic rings. The number of esters is 3. The van der Waals surface area contributed by atoms with E-state index in [0.717, 1.165) is 109 Å². The highest BCUT2D eigenvalue weighted by Crippen LogP contribution is 2.15. The molecule has 0 aliphatic carbocycles. The molecule has 0 saturated carbocycles. The highest BCUT2D eigenvalue weighted by molar-refractivity contribution is 5.71. The van der Waals surface area contributed by atoms with Gasteiger partial charge in [0.2, 0.25) is 0 Å². The van der Waals surface area contributed by atoms with Crippen molar-refractivity contribution in [2.75, 3.05) is 13.2 Å². The van der Waals surface area contributed by atoms with Crippen molar-refractivity contribution in [3.05, 3.63) is 97.2 Å². The van der Waals surface area contributed by atoms with Crippen molar-refractivity contribution in [1.82, 2.24) is 0 Å². The predicted octanol–water partition coefficient (Wildman–Crippen LogP) is 20.1. The van der Waals surface area contributed by atoms with Gasteiger partial charge in [0.05, 0.1) is 0 Å². The SMILES string of the molecule is CC/C=C\C/C=C\C/C=C\C/C=C\CCCCCCCCC(=O)OCC(COC(=O)CCCCCCCCC/C=C\CCCCCC)OC(=O)CCCCCCCCCCC/C=C\C/C=C\C/C=C\CC. The van der Waals surface area contributed by atoms with Gasteiger partial charge in [0.1, 0.15) is 13.2 Å². The lowest BCUT2D eigenvalue weighted by molar-refractivity contribution is -0.167. The molecule has 0 radical (unpaired) electrons. The molecule has 0 aliphatic rings. The van der Waals surface area contributed by atoms with Gasteiger partial charge in [0.15, 0.2) is 6.10 Å². The summed E-state index contributed by atoms with van der Waals surface area (Å²) in [5.74, 6) is -0.905. The van der Waals surface area contributed by atoms with Crippen LogP contribution in [0.15, 0.2) is 97.2 Å². The van der Waals surface area contributed by atoms with Crippen molar-refractivity contribution in [2.24, 2.45) is 0 Å². The lowest BCUT2D eigenvalue weighted by Gasteiger charge is -2.18. The first-order chi connectivity index (χ1) is 35.0. The summed E-state index contributed by atoms with van der Waals surface area (Å²) in [6.45, 7) is 6.40. The van der Waals surface area contributed by atoms with E-state index in [9.17, 15) is 14.4 Å². The first-order valence-electron chi connectivity index (χ1n) is 29.7. The molecule has 0 heterocycles. The molecule has 0 spiro atoms. The zero-order chi connectivity index (χ0) is 51.4. The second-order valence-electron chi connectivity index (χ2n) is 19.5. The molecule has 406 valence electrons. The largest absolute Gasteiger partial charge is 0.462 e. The number of hydrogen-bond donors (Lipinski definition) is 0. The fourth-order valence-corrected chi connectivity index (χ4v) is 8.15. The Morgan fingerprint density at radius 2 is 0.549 bits per heavy atom. The van der Waals surface area contributed by atoms with E-state index < -0.39 is 6.10 Å². The minimum atomic E-state index is -0.790. The van der Waals surface area contributed by atoms with Crippen LogP contribution in [0.2, 0.25) is 0 Å². The van der Waals surface area contributed by atoms with E-state index >= 15 is 0 Å². The zero-order valence-electron chi connectivity index (χ0n) is 46.5. The van der Waals surface area contributed by atoms with Crippen LogP contribution in [-0.2, 0) is 28.6 Å². The molecule has 0 rings (SSSR count). The summed E-state index contributed by atoms with van der Waals surface area (Å²) in [4.78, 5) is 38.2. The van der Waals surface area contributed by atoms with Crippen molar-refractivity contribution in [3.8, 4) is 0 Å². The maximum atomic E-state index is 12.9. The smallest absolute Gasteiger partial charge is 0.306 e. The molecular weight excluding hydrogens is 877 g/mol. The van der Waals surface area contributed by atoms with Crippen molar-refractivity contribution < 1.29 is 28.6 Å². The van der Waals surface area contributed by atoms with Crippen LogP contribution >= 0.6 is 0 Å².